The van der Waals surface area contributed by atoms with Crippen LogP contribution in [0.1, 0.15) is 0 Å². The van der Waals surface area contributed by atoms with Gasteiger partial charge in [-0.15, -0.1) is 0 Å². The Kier molecular flexibility index (Phi) is 6.42. The Labute approximate surface area is 287 Å². The Balaban J connectivity index is 1.14. The molecule has 5 nitrogen and oxygen atoms in total. The average Bonchev–Trinajstić information content (AvgIpc) is 3.74. The molecule has 0 saturated heterocycles. The number of aromatic nitrogens is 4. The van der Waals surface area contributed by atoms with Crippen LogP contribution in [0.4, 0.5) is 0 Å². The monoisotopic (exact) mass is 640 g/mol. The van der Waals surface area contributed by atoms with E-state index in [4.69, 9.17) is 19.4 Å². The first-order chi connectivity index (χ1) is 24.8. The summed E-state index contributed by atoms with van der Waals surface area (Å²) in [6.07, 6.45) is 0. The van der Waals surface area contributed by atoms with Crippen molar-refractivity contribution < 1.29 is 4.42 Å². The lowest BCUT2D eigenvalue weighted by Crippen LogP contribution is -2.01. The van der Waals surface area contributed by atoms with Gasteiger partial charge >= 0.3 is 0 Å². The van der Waals surface area contributed by atoms with Crippen LogP contribution in [0.2, 0.25) is 0 Å². The highest BCUT2D eigenvalue weighted by Crippen LogP contribution is 2.37. The Morgan fingerprint density at radius 2 is 0.900 bits per heavy atom. The van der Waals surface area contributed by atoms with Gasteiger partial charge in [0, 0.05) is 49.5 Å². The Morgan fingerprint density at radius 3 is 1.64 bits per heavy atom. The van der Waals surface area contributed by atoms with Gasteiger partial charge in [-0.25, -0.2) is 15.0 Å². The van der Waals surface area contributed by atoms with Gasteiger partial charge in [0.05, 0.1) is 11.0 Å². The molecule has 0 radical (unpaired) electrons. The third-order valence-corrected chi connectivity index (χ3v) is 9.45. The number of nitrogens with zero attached hydrogens (tertiary/aromatic N) is 4. The van der Waals surface area contributed by atoms with Crippen LogP contribution in [0.3, 0.4) is 0 Å². The molecule has 0 bridgehead atoms. The highest BCUT2D eigenvalue weighted by molar-refractivity contribution is 6.10. The van der Waals surface area contributed by atoms with E-state index >= 15 is 0 Å². The highest BCUT2D eigenvalue weighted by atomic mass is 16.3. The quantitative estimate of drug-likeness (QED) is 0.188. The lowest BCUT2D eigenvalue weighted by Gasteiger charge is -2.12. The first kappa shape index (κ1) is 28.2. The number of benzene rings is 7. The molecule has 3 aromatic heterocycles. The minimum Gasteiger partial charge on any atom is -0.455 e. The topological polar surface area (TPSA) is 56.7 Å². The molecule has 10 aromatic rings. The first-order valence-corrected chi connectivity index (χ1v) is 16.7. The van der Waals surface area contributed by atoms with Crippen molar-refractivity contribution in [3.05, 3.63) is 170 Å². The molecule has 7 aromatic carbocycles. The van der Waals surface area contributed by atoms with Gasteiger partial charge in [0.1, 0.15) is 11.2 Å². The van der Waals surface area contributed by atoms with Gasteiger partial charge in [0.2, 0.25) is 0 Å². The number of para-hydroxylation sites is 4. The maximum atomic E-state index is 6.39. The van der Waals surface area contributed by atoms with Crippen molar-refractivity contribution in [1.82, 2.24) is 19.5 Å². The van der Waals surface area contributed by atoms with Crippen LogP contribution >= 0.6 is 0 Å². The normalized spacial score (nSPS) is 11.6. The fourth-order valence-electron chi connectivity index (χ4n) is 7.14. The zero-order valence-electron chi connectivity index (χ0n) is 26.9. The van der Waals surface area contributed by atoms with Crippen LogP contribution < -0.4 is 0 Å². The van der Waals surface area contributed by atoms with Gasteiger partial charge in [0.25, 0.3) is 0 Å². The standard InChI is InChI=1S/C45H28N4O/c1-2-13-29(14-3-1)43-46-44(31-16-10-15-30(27-31)34-22-12-23-38-37-21-6-9-26-41(37)50-42(34)38)48-45(47-43)32-17-11-18-33(28-32)49-39-24-7-4-19-35(39)36-20-5-8-25-40(36)49/h1-28H. The van der Waals surface area contributed by atoms with Crippen LogP contribution in [0.5, 0.6) is 0 Å². The molecule has 0 unspecified atom stereocenters. The molecule has 10 rings (SSSR count). The van der Waals surface area contributed by atoms with Crippen molar-refractivity contribution >= 4 is 43.7 Å². The summed E-state index contributed by atoms with van der Waals surface area (Å²) in [5.41, 5.74) is 9.90. The summed E-state index contributed by atoms with van der Waals surface area (Å²) in [5, 5.41) is 4.65. The van der Waals surface area contributed by atoms with Crippen molar-refractivity contribution in [2.24, 2.45) is 0 Å². The zero-order chi connectivity index (χ0) is 33.0. The molecular formula is C45H28N4O. The first-order valence-electron chi connectivity index (χ1n) is 16.7. The van der Waals surface area contributed by atoms with Gasteiger partial charge in [-0.1, -0.05) is 133 Å². The van der Waals surface area contributed by atoms with Crippen molar-refractivity contribution in [3.8, 4) is 51.0 Å². The molecule has 0 atom stereocenters. The third kappa shape index (κ3) is 4.60. The molecule has 234 valence electrons. The molecule has 0 spiro atoms. The molecule has 0 fully saturated rings. The second-order valence-electron chi connectivity index (χ2n) is 12.5. The van der Waals surface area contributed by atoms with Gasteiger partial charge in [-0.3, -0.25) is 0 Å². The fraction of sp³-hybridized carbons (Fsp3) is 0. The maximum absolute atomic E-state index is 6.39. The second-order valence-corrected chi connectivity index (χ2v) is 12.5. The van der Waals surface area contributed by atoms with Crippen molar-refractivity contribution in [3.63, 3.8) is 0 Å². The molecule has 0 aliphatic carbocycles. The molecule has 50 heavy (non-hydrogen) atoms. The van der Waals surface area contributed by atoms with E-state index < -0.39 is 0 Å². The third-order valence-electron chi connectivity index (χ3n) is 9.45. The predicted octanol–water partition coefficient (Wildman–Crippen LogP) is 11.5. The number of hydrogen-bond acceptors (Lipinski definition) is 4. The van der Waals surface area contributed by atoms with Crippen LogP contribution in [0, 0.1) is 0 Å². The van der Waals surface area contributed by atoms with Crippen LogP contribution in [-0.2, 0) is 0 Å². The molecular weight excluding hydrogens is 613 g/mol. The number of furan rings is 1. The summed E-state index contributed by atoms with van der Waals surface area (Å²) in [4.78, 5) is 15.2. The Morgan fingerprint density at radius 1 is 0.380 bits per heavy atom. The van der Waals surface area contributed by atoms with E-state index in [1.165, 1.54) is 10.8 Å². The summed E-state index contributed by atoms with van der Waals surface area (Å²) < 4.78 is 8.71. The van der Waals surface area contributed by atoms with Crippen LogP contribution in [0.15, 0.2) is 174 Å². The molecule has 5 heteroatoms. The van der Waals surface area contributed by atoms with Gasteiger partial charge in [-0.2, -0.15) is 0 Å². The summed E-state index contributed by atoms with van der Waals surface area (Å²) in [5.74, 6) is 1.84. The maximum Gasteiger partial charge on any atom is 0.164 e. The van der Waals surface area contributed by atoms with E-state index in [0.717, 1.165) is 66.5 Å². The van der Waals surface area contributed by atoms with Crippen molar-refractivity contribution in [2.45, 2.75) is 0 Å². The number of rotatable bonds is 5. The lowest BCUT2D eigenvalue weighted by atomic mass is 10.00. The average molecular weight is 641 g/mol. The fourth-order valence-corrected chi connectivity index (χ4v) is 7.14. The SMILES string of the molecule is c1ccc(-c2nc(-c3cccc(-c4cccc5c4oc4ccccc45)c3)nc(-c3cccc(-n4c5ccccc5c5ccccc54)c3)n2)cc1. The molecule has 0 saturated carbocycles. The van der Waals surface area contributed by atoms with Gasteiger partial charge in [0.15, 0.2) is 17.5 Å². The van der Waals surface area contributed by atoms with E-state index in [1.807, 2.05) is 48.5 Å². The predicted molar refractivity (Wildman–Crippen MR) is 203 cm³/mol. The van der Waals surface area contributed by atoms with E-state index in [-0.39, 0.29) is 0 Å². The van der Waals surface area contributed by atoms with Crippen molar-refractivity contribution in [1.29, 1.82) is 0 Å². The minimum atomic E-state index is 0.606. The summed E-state index contributed by atoms with van der Waals surface area (Å²) in [7, 11) is 0. The minimum absolute atomic E-state index is 0.606. The van der Waals surface area contributed by atoms with Gasteiger partial charge < -0.3 is 8.98 Å². The Hall–Kier alpha value is -6.85. The molecule has 3 heterocycles. The van der Waals surface area contributed by atoms with E-state index in [1.54, 1.807) is 0 Å². The number of fused-ring (bicyclic) bond motifs is 6. The summed E-state index contributed by atoms with van der Waals surface area (Å²) in [6.45, 7) is 0. The zero-order valence-corrected chi connectivity index (χ0v) is 26.9. The van der Waals surface area contributed by atoms with Crippen LogP contribution in [-0.4, -0.2) is 19.5 Å². The van der Waals surface area contributed by atoms with E-state index in [2.05, 4.69) is 126 Å². The Bertz CT molecular complexity index is 2830. The summed E-state index contributed by atoms with van der Waals surface area (Å²) >= 11 is 0. The molecule has 0 N–H and O–H groups in total. The second kappa shape index (κ2) is 11.4. The van der Waals surface area contributed by atoms with E-state index in [0.29, 0.717) is 17.5 Å². The molecule has 0 aliphatic rings. The van der Waals surface area contributed by atoms with Crippen LogP contribution in [0.25, 0.3) is 94.7 Å². The number of hydrogen-bond donors (Lipinski definition) is 0. The summed E-state index contributed by atoms with van der Waals surface area (Å²) in [6, 6.07) is 58.5. The lowest BCUT2D eigenvalue weighted by molar-refractivity contribution is 0.670. The smallest absolute Gasteiger partial charge is 0.164 e. The van der Waals surface area contributed by atoms with Gasteiger partial charge in [-0.05, 0) is 42.0 Å². The van der Waals surface area contributed by atoms with Crippen molar-refractivity contribution in [2.75, 3.05) is 0 Å². The largest absolute Gasteiger partial charge is 0.455 e. The molecule has 0 aliphatic heterocycles. The highest BCUT2D eigenvalue weighted by Gasteiger charge is 2.17. The van der Waals surface area contributed by atoms with E-state index in [9.17, 15) is 0 Å². The molecule has 0 amide bonds.